The maximum Gasteiger partial charge on any atom is 0.136 e. The van der Waals surface area contributed by atoms with Crippen molar-refractivity contribution in [2.75, 3.05) is 39.3 Å². The van der Waals surface area contributed by atoms with Crippen molar-refractivity contribution >= 4 is 5.78 Å². The van der Waals surface area contributed by atoms with Crippen molar-refractivity contribution in [3.05, 3.63) is 0 Å². The molecule has 2 rings (SSSR count). The molecule has 3 nitrogen and oxygen atoms in total. The summed E-state index contributed by atoms with van der Waals surface area (Å²) >= 11 is 0. The Bertz CT molecular complexity index is 234. The van der Waals surface area contributed by atoms with E-state index < -0.39 is 0 Å². The zero-order valence-electron chi connectivity index (χ0n) is 10.5. The van der Waals surface area contributed by atoms with Crippen molar-refractivity contribution in [2.45, 2.75) is 32.6 Å². The lowest BCUT2D eigenvalue weighted by Gasteiger charge is -2.34. The van der Waals surface area contributed by atoms with Gasteiger partial charge in [-0.15, -0.1) is 0 Å². The maximum atomic E-state index is 11.5. The van der Waals surface area contributed by atoms with E-state index in [0.29, 0.717) is 11.7 Å². The van der Waals surface area contributed by atoms with Crippen LogP contribution in [0.1, 0.15) is 32.6 Å². The molecular weight excluding hydrogens is 200 g/mol. The van der Waals surface area contributed by atoms with Crippen molar-refractivity contribution in [1.82, 2.24) is 9.80 Å². The van der Waals surface area contributed by atoms with Crippen LogP contribution in [0.2, 0.25) is 0 Å². The summed E-state index contributed by atoms with van der Waals surface area (Å²) in [5, 5.41) is 0. The van der Waals surface area contributed by atoms with E-state index in [1.54, 1.807) is 0 Å². The van der Waals surface area contributed by atoms with Gasteiger partial charge in [0.15, 0.2) is 0 Å². The second-order valence-electron chi connectivity index (χ2n) is 5.12. The smallest absolute Gasteiger partial charge is 0.136 e. The number of piperazine rings is 1. The molecule has 1 aliphatic heterocycles. The third-order valence-electron chi connectivity index (χ3n) is 4.14. The molecule has 1 atom stereocenters. The van der Waals surface area contributed by atoms with Crippen LogP contribution in [-0.4, -0.2) is 54.9 Å². The first-order valence-corrected chi connectivity index (χ1v) is 6.77. The lowest BCUT2D eigenvalue weighted by atomic mass is 10.0. The molecule has 1 aliphatic carbocycles. The molecule has 0 aromatic rings. The number of ketones is 1. The van der Waals surface area contributed by atoms with E-state index in [0.717, 1.165) is 32.2 Å². The maximum absolute atomic E-state index is 11.5. The fourth-order valence-corrected chi connectivity index (χ4v) is 2.86. The Morgan fingerprint density at radius 3 is 2.44 bits per heavy atom. The van der Waals surface area contributed by atoms with Gasteiger partial charge in [0.05, 0.1) is 0 Å². The molecule has 2 aliphatic rings. The van der Waals surface area contributed by atoms with Gasteiger partial charge in [-0.2, -0.15) is 0 Å². The molecular formula is C13H24N2O. The van der Waals surface area contributed by atoms with Gasteiger partial charge in [-0.05, 0) is 32.4 Å². The molecule has 0 spiro atoms. The number of carbonyl (C=O) groups excluding carboxylic acids is 1. The highest BCUT2D eigenvalue weighted by Crippen LogP contribution is 2.24. The van der Waals surface area contributed by atoms with Gasteiger partial charge in [-0.1, -0.05) is 6.92 Å². The molecule has 1 saturated heterocycles. The first kappa shape index (κ1) is 12.1. The summed E-state index contributed by atoms with van der Waals surface area (Å²) in [6.07, 6.45) is 4.22. The van der Waals surface area contributed by atoms with E-state index in [4.69, 9.17) is 0 Å². The molecule has 0 amide bonds. The van der Waals surface area contributed by atoms with Crippen LogP contribution in [0, 0.1) is 5.92 Å². The van der Waals surface area contributed by atoms with E-state index >= 15 is 0 Å². The number of rotatable bonds is 4. The fraction of sp³-hybridized carbons (Fsp3) is 0.923. The topological polar surface area (TPSA) is 23.6 Å². The van der Waals surface area contributed by atoms with Gasteiger partial charge in [0.25, 0.3) is 0 Å². The minimum Gasteiger partial charge on any atom is -0.301 e. The molecule has 0 bridgehead atoms. The minimum atomic E-state index is 0.393. The summed E-state index contributed by atoms with van der Waals surface area (Å²) in [6.45, 7) is 9.32. The van der Waals surface area contributed by atoms with Gasteiger partial charge in [0.1, 0.15) is 5.78 Å². The normalized spacial score (nSPS) is 28.8. The SMILES string of the molecule is CCN1CCN(CCC2CCCC2=O)CC1. The second-order valence-corrected chi connectivity index (χ2v) is 5.12. The second kappa shape index (κ2) is 5.78. The average molecular weight is 224 g/mol. The minimum absolute atomic E-state index is 0.393. The van der Waals surface area contributed by atoms with E-state index in [1.165, 1.54) is 32.7 Å². The summed E-state index contributed by atoms with van der Waals surface area (Å²) in [6, 6.07) is 0. The first-order chi connectivity index (χ1) is 7.79. The molecule has 16 heavy (non-hydrogen) atoms. The van der Waals surface area contributed by atoms with Crippen LogP contribution in [0.15, 0.2) is 0 Å². The standard InChI is InChI=1S/C13H24N2O/c1-2-14-8-10-15(11-9-14)7-6-12-4-3-5-13(12)16/h12H,2-11H2,1H3. The third-order valence-corrected chi connectivity index (χ3v) is 4.14. The van der Waals surface area contributed by atoms with Gasteiger partial charge in [-0.25, -0.2) is 0 Å². The van der Waals surface area contributed by atoms with Gasteiger partial charge < -0.3 is 9.80 Å². The number of hydrogen-bond acceptors (Lipinski definition) is 3. The third kappa shape index (κ3) is 3.05. The monoisotopic (exact) mass is 224 g/mol. The number of likely N-dealkylation sites (N-methyl/N-ethyl adjacent to an activating group) is 1. The molecule has 1 heterocycles. The lowest BCUT2D eigenvalue weighted by molar-refractivity contribution is -0.120. The zero-order chi connectivity index (χ0) is 11.4. The van der Waals surface area contributed by atoms with Gasteiger partial charge in [-0.3, -0.25) is 4.79 Å². The van der Waals surface area contributed by atoms with Crippen molar-refractivity contribution < 1.29 is 4.79 Å². The number of nitrogens with zero attached hydrogens (tertiary/aromatic N) is 2. The summed E-state index contributed by atoms with van der Waals surface area (Å²) < 4.78 is 0. The Hall–Kier alpha value is -0.410. The van der Waals surface area contributed by atoms with Crippen molar-refractivity contribution in [3.63, 3.8) is 0 Å². The fourth-order valence-electron chi connectivity index (χ4n) is 2.86. The van der Waals surface area contributed by atoms with Crippen molar-refractivity contribution in [2.24, 2.45) is 5.92 Å². The number of hydrogen-bond donors (Lipinski definition) is 0. The Balaban J connectivity index is 1.65. The molecule has 0 radical (unpaired) electrons. The van der Waals surface area contributed by atoms with Crippen LogP contribution < -0.4 is 0 Å². The summed E-state index contributed by atoms with van der Waals surface area (Å²) in [5.74, 6) is 0.913. The van der Waals surface area contributed by atoms with E-state index in [9.17, 15) is 4.79 Å². The predicted octanol–water partition coefficient (Wildman–Crippen LogP) is 1.38. The van der Waals surface area contributed by atoms with Gasteiger partial charge >= 0.3 is 0 Å². The zero-order valence-corrected chi connectivity index (χ0v) is 10.5. The summed E-state index contributed by atoms with van der Waals surface area (Å²) in [5.41, 5.74) is 0. The van der Waals surface area contributed by atoms with Crippen LogP contribution in [-0.2, 0) is 4.79 Å². The van der Waals surface area contributed by atoms with Gasteiger partial charge in [0, 0.05) is 38.5 Å². The van der Waals surface area contributed by atoms with E-state index in [1.807, 2.05) is 0 Å². The van der Waals surface area contributed by atoms with Crippen LogP contribution in [0.4, 0.5) is 0 Å². The van der Waals surface area contributed by atoms with Crippen LogP contribution >= 0.6 is 0 Å². The Labute approximate surface area is 98.8 Å². The van der Waals surface area contributed by atoms with Gasteiger partial charge in [0.2, 0.25) is 0 Å². The van der Waals surface area contributed by atoms with Crippen molar-refractivity contribution in [1.29, 1.82) is 0 Å². The summed E-state index contributed by atoms with van der Waals surface area (Å²) in [4.78, 5) is 16.5. The molecule has 3 heteroatoms. The lowest BCUT2D eigenvalue weighted by Crippen LogP contribution is -2.46. The van der Waals surface area contributed by atoms with Crippen molar-refractivity contribution in [3.8, 4) is 0 Å². The molecule has 92 valence electrons. The quantitative estimate of drug-likeness (QED) is 0.721. The van der Waals surface area contributed by atoms with Crippen LogP contribution in [0.5, 0.6) is 0 Å². The molecule has 0 aromatic carbocycles. The molecule has 1 saturated carbocycles. The highest BCUT2D eigenvalue weighted by Gasteiger charge is 2.25. The Morgan fingerprint density at radius 1 is 1.19 bits per heavy atom. The first-order valence-electron chi connectivity index (χ1n) is 6.77. The van der Waals surface area contributed by atoms with E-state index in [-0.39, 0.29) is 0 Å². The van der Waals surface area contributed by atoms with Crippen LogP contribution in [0.25, 0.3) is 0 Å². The predicted molar refractivity (Wildman–Crippen MR) is 65.5 cm³/mol. The Morgan fingerprint density at radius 2 is 1.88 bits per heavy atom. The molecule has 0 aromatic heterocycles. The molecule has 1 unspecified atom stereocenters. The van der Waals surface area contributed by atoms with E-state index in [2.05, 4.69) is 16.7 Å². The highest BCUT2D eigenvalue weighted by molar-refractivity contribution is 5.82. The summed E-state index contributed by atoms with van der Waals surface area (Å²) in [7, 11) is 0. The average Bonchev–Trinajstić information content (AvgIpc) is 2.73. The highest BCUT2D eigenvalue weighted by atomic mass is 16.1. The molecule has 0 N–H and O–H groups in total. The number of carbonyl (C=O) groups is 1. The largest absolute Gasteiger partial charge is 0.301 e. The number of Topliss-reactive ketones (excluding diaryl/α,β-unsaturated/α-hetero) is 1. The molecule has 2 fully saturated rings. The van der Waals surface area contributed by atoms with Crippen LogP contribution in [0.3, 0.4) is 0 Å². The Kier molecular flexibility index (Phi) is 4.36.